The summed E-state index contributed by atoms with van der Waals surface area (Å²) < 4.78 is 0. The van der Waals surface area contributed by atoms with Gasteiger partial charge in [0.1, 0.15) is 0 Å². The number of nitrogens with one attached hydrogen (secondary N) is 3. The predicted octanol–water partition coefficient (Wildman–Crippen LogP) is -0.149. The van der Waals surface area contributed by atoms with Crippen molar-refractivity contribution in [2.75, 3.05) is 32.7 Å². The number of aliphatic hydroxyl groups excluding tert-OH is 1. The number of carbonyl (C=O) groups excluding carboxylic acids is 2. The van der Waals surface area contributed by atoms with Crippen molar-refractivity contribution in [3.8, 4) is 0 Å². The zero-order valence-corrected chi connectivity index (χ0v) is 15.0. The lowest BCUT2D eigenvalue weighted by Crippen LogP contribution is -2.40. The van der Waals surface area contributed by atoms with Gasteiger partial charge in [-0.2, -0.15) is 0 Å². The van der Waals surface area contributed by atoms with E-state index in [1.54, 1.807) is 12.1 Å². The van der Waals surface area contributed by atoms with Crippen LogP contribution in [0.15, 0.2) is 24.3 Å². The predicted molar refractivity (Wildman–Crippen MR) is 98.7 cm³/mol. The Labute approximate surface area is 154 Å². The molecule has 0 saturated carbocycles. The van der Waals surface area contributed by atoms with Crippen LogP contribution in [-0.4, -0.2) is 66.7 Å². The Bertz CT molecular complexity index is 614. The van der Waals surface area contributed by atoms with Gasteiger partial charge >= 0.3 is 0 Å². The van der Waals surface area contributed by atoms with Gasteiger partial charge in [0.15, 0.2) is 0 Å². The van der Waals surface area contributed by atoms with E-state index >= 15 is 0 Å². The van der Waals surface area contributed by atoms with Crippen LogP contribution in [0.1, 0.15) is 35.2 Å². The maximum Gasteiger partial charge on any atom is 0.251 e. The number of aliphatic hydroxyl groups is 1. The summed E-state index contributed by atoms with van der Waals surface area (Å²) in [7, 11) is 0. The summed E-state index contributed by atoms with van der Waals surface area (Å²) in [5.74, 6) is -0.172. The molecule has 1 aromatic rings. The third-order valence-electron chi connectivity index (χ3n) is 5.02. The lowest BCUT2D eigenvalue weighted by Gasteiger charge is -2.14. The largest absolute Gasteiger partial charge is 0.392 e. The summed E-state index contributed by atoms with van der Waals surface area (Å²) in [4.78, 5) is 26.5. The minimum Gasteiger partial charge on any atom is -0.392 e. The number of benzene rings is 1. The van der Waals surface area contributed by atoms with E-state index in [1.165, 1.54) is 12.8 Å². The van der Waals surface area contributed by atoms with Gasteiger partial charge in [0.25, 0.3) is 5.91 Å². The minimum absolute atomic E-state index is 0.0658. The van der Waals surface area contributed by atoms with Crippen molar-refractivity contribution in [3.05, 3.63) is 35.4 Å². The number of hydrogen-bond donors (Lipinski definition) is 4. The van der Waals surface area contributed by atoms with E-state index in [0.29, 0.717) is 31.6 Å². The van der Waals surface area contributed by atoms with Gasteiger partial charge in [0.2, 0.25) is 5.91 Å². The third-order valence-corrected chi connectivity index (χ3v) is 5.02. The van der Waals surface area contributed by atoms with Gasteiger partial charge in [-0.15, -0.1) is 0 Å². The van der Waals surface area contributed by atoms with Crippen molar-refractivity contribution in [1.29, 1.82) is 0 Å². The van der Waals surface area contributed by atoms with Crippen molar-refractivity contribution < 1.29 is 14.7 Å². The molecule has 26 heavy (non-hydrogen) atoms. The van der Waals surface area contributed by atoms with Crippen molar-refractivity contribution >= 4 is 11.8 Å². The van der Waals surface area contributed by atoms with E-state index in [0.717, 1.165) is 25.2 Å². The molecule has 0 radical (unpaired) electrons. The number of rotatable bonds is 7. The van der Waals surface area contributed by atoms with E-state index in [9.17, 15) is 14.7 Å². The molecule has 2 atom stereocenters. The second-order valence-corrected chi connectivity index (χ2v) is 7.07. The second kappa shape index (κ2) is 9.12. The van der Waals surface area contributed by atoms with Gasteiger partial charge in [-0.25, -0.2) is 0 Å². The number of nitrogens with zero attached hydrogens (tertiary/aromatic N) is 1. The SMILES string of the molecule is O=C(NCCN1CCCC1)c1ccc(CNC(=O)C2CC(O)CN2)cc1. The van der Waals surface area contributed by atoms with Crippen LogP contribution in [0.5, 0.6) is 0 Å². The molecule has 2 aliphatic heterocycles. The topological polar surface area (TPSA) is 93.7 Å². The van der Waals surface area contributed by atoms with E-state index in [-0.39, 0.29) is 17.9 Å². The highest BCUT2D eigenvalue weighted by atomic mass is 16.3. The molecule has 1 aromatic carbocycles. The van der Waals surface area contributed by atoms with E-state index < -0.39 is 6.10 Å². The first kappa shape index (κ1) is 18.8. The maximum atomic E-state index is 12.2. The van der Waals surface area contributed by atoms with Crippen LogP contribution in [-0.2, 0) is 11.3 Å². The Morgan fingerprint density at radius 2 is 1.88 bits per heavy atom. The zero-order valence-electron chi connectivity index (χ0n) is 15.0. The Kier molecular flexibility index (Phi) is 6.60. The van der Waals surface area contributed by atoms with Crippen LogP contribution in [0.25, 0.3) is 0 Å². The zero-order chi connectivity index (χ0) is 18.4. The second-order valence-electron chi connectivity index (χ2n) is 7.07. The molecule has 0 spiro atoms. The van der Waals surface area contributed by atoms with Gasteiger partial charge in [-0.3, -0.25) is 9.59 Å². The maximum absolute atomic E-state index is 12.2. The van der Waals surface area contributed by atoms with Crippen LogP contribution < -0.4 is 16.0 Å². The van der Waals surface area contributed by atoms with Crippen molar-refractivity contribution in [1.82, 2.24) is 20.9 Å². The summed E-state index contributed by atoms with van der Waals surface area (Å²) in [6.07, 6.45) is 2.50. The third kappa shape index (κ3) is 5.27. The molecule has 2 amide bonds. The molecular formula is C19H28N4O3. The summed E-state index contributed by atoms with van der Waals surface area (Å²) in [5, 5.41) is 18.3. The van der Waals surface area contributed by atoms with Crippen molar-refractivity contribution in [3.63, 3.8) is 0 Å². The van der Waals surface area contributed by atoms with Gasteiger partial charge in [-0.05, 0) is 50.0 Å². The Morgan fingerprint density at radius 3 is 2.54 bits per heavy atom. The molecule has 142 valence electrons. The molecule has 7 heteroatoms. The Balaban J connectivity index is 1.39. The molecule has 0 aromatic heterocycles. The summed E-state index contributed by atoms with van der Waals surface area (Å²) >= 11 is 0. The van der Waals surface area contributed by atoms with Crippen LogP contribution in [0.4, 0.5) is 0 Å². The molecule has 2 saturated heterocycles. The highest BCUT2D eigenvalue weighted by Crippen LogP contribution is 2.08. The number of amides is 2. The molecule has 7 nitrogen and oxygen atoms in total. The molecule has 2 unspecified atom stereocenters. The van der Waals surface area contributed by atoms with Crippen LogP contribution >= 0.6 is 0 Å². The lowest BCUT2D eigenvalue weighted by molar-refractivity contribution is -0.123. The summed E-state index contributed by atoms with van der Waals surface area (Å²) in [6.45, 7) is 4.69. The number of hydrogen-bond acceptors (Lipinski definition) is 5. The van der Waals surface area contributed by atoms with E-state index in [2.05, 4.69) is 20.9 Å². The Morgan fingerprint density at radius 1 is 1.15 bits per heavy atom. The molecule has 3 rings (SSSR count). The number of carbonyl (C=O) groups is 2. The first-order chi connectivity index (χ1) is 12.6. The first-order valence-corrected chi connectivity index (χ1v) is 9.40. The lowest BCUT2D eigenvalue weighted by atomic mass is 10.1. The number of β-amino-alcohol motifs (C(OH)–C–C–N with tert-alkyl or cyclic N) is 1. The average molecular weight is 360 g/mol. The molecule has 4 N–H and O–H groups in total. The van der Waals surface area contributed by atoms with Gasteiger partial charge in [0.05, 0.1) is 12.1 Å². The van der Waals surface area contributed by atoms with E-state index in [1.807, 2.05) is 12.1 Å². The fourth-order valence-electron chi connectivity index (χ4n) is 3.44. The smallest absolute Gasteiger partial charge is 0.251 e. The fraction of sp³-hybridized carbons (Fsp3) is 0.579. The minimum atomic E-state index is -0.450. The van der Waals surface area contributed by atoms with Crippen LogP contribution in [0.3, 0.4) is 0 Å². The van der Waals surface area contributed by atoms with Crippen molar-refractivity contribution in [2.45, 2.75) is 38.0 Å². The monoisotopic (exact) mass is 360 g/mol. The fourth-order valence-corrected chi connectivity index (χ4v) is 3.44. The van der Waals surface area contributed by atoms with Gasteiger partial charge in [0, 0.05) is 31.7 Å². The quantitative estimate of drug-likeness (QED) is 0.543. The highest BCUT2D eigenvalue weighted by molar-refractivity contribution is 5.94. The Hall–Kier alpha value is -1.96. The molecule has 2 heterocycles. The first-order valence-electron chi connectivity index (χ1n) is 9.40. The molecular weight excluding hydrogens is 332 g/mol. The molecule has 2 aliphatic rings. The van der Waals surface area contributed by atoms with Crippen molar-refractivity contribution in [2.24, 2.45) is 0 Å². The number of likely N-dealkylation sites (tertiary alicyclic amines) is 1. The van der Waals surface area contributed by atoms with Gasteiger partial charge in [-0.1, -0.05) is 12.1 Å². The van der Waals surface area contributed by atoms with Crippen LogP contribution in [0, 0.1) is 0 Å². The van der Waals surface area contributed by atoms with Gasteiger partial charge < -0.3 is 26.0 Å². The average Bonchev–Trinajstić information content (AvgIpc) is 3.32. The normalized spacial score (nSPS) is 23.1. The van der Waals surface area contributed by atoms with E-state index in [4.69, 9.17) is 0 Å². The summed E-state index contributed by atoms with van der Waals surface area (Å²) in [5.41, 5.74) is 1.56. The molecule has 0 bridgehead atoms. The standard InChI is InChI=1S/C19H28N4O3/c24-16-11-17(21-13-16)19(26)22-12-14-3-5-15(6-4-14)18(25)20-7-10-23-8-1-2-9-23/h3-6,16-17,21,24H,1-2,7-13H2,(H,20,25)(H,22,26). The molecule has 2 fully saturated rings. The van der Waals surface area contributed by atoms with Crippen LogP contribution in [0.2, 0.25) is 0 Å². The summed E-state index contributed by atoms with van der Waals surface area (Å²) in [6, 6.07) is 6.94. The highest BCUT2D eigenvalue weighted by Gasteiger charge is 2.27. The molecule has 0 aliphatic carbocycles.